The van der Waals surface area contributed by atoms with E-state index in [-0.39, 0.29) is 5.75 Å². The Morgan fingerprint density at radius 2 is 2.07 bits per heavy atom. The zero-order valence-electron chi connectivity index (χ0n) is 8.74. The molecule has 0 saturated carbocycles. The van der Waals surface area contributed by atoms with E-state index in [9.17, 15) is 10.2 Å². The molecule has 0 aliphatic carbocycles. The second-order valence-corrected chi connectivity index (χ2v) is 3.48. The van der Waals surface area contributed by atoms with Crippen molar-refractivity contribution in [3.63, 3.8) is 0 Å². The van der Waals surface area contributed by atoms with Crippen LogP contribution in [0.2, 0.25) is 0 Å². The van der Waals surface area contributed by atoms with Gasteiger partial charge in [-0.05, 0) is 19.4 Å². The SMILES string of the molecule is COc1c(C)ccc(CC(C)O)c1O. The number of hydrogen-bond donors (Lipinski definition) is 2. The number of methoxy groups -OCH3 is 1. The highest BCUT2D eigenvalue weighted by molar-refractivity contribution is 5.50. The first kappa shape index (κ1) is 10.9. The summed E-state index contributed by atoms with van der Waals surface area (Å²) in [5.74, 6) is 0.622. The summed E-state index contributed by atoms with van der Waals surface area (Å²) in [4.78, 5) is 0. The predicted molar refractivity (Wildman–Crippen MR) is 54.8 cm³/mol. The number of phenols is 1. The summed E-state index contributed by atoms with van der Waals surface area (Å²) < 4.78 is 5.07. The Labute approximate surface area is 84.0 Å². The Morgan fingerprint density at radius 3 is 2.57 bits per heavy atom. The molecule has 1 aromatic rings. The minimum absolute atomic E-state index is 0.133. The van der Waals surface area contributed by atoms with Crippen LogP contribution < -0.4 is 4.74 Å². The summed E-state index contributed by atoms with van der Waals surface area (Å²) in [7, 11) is 1.52. The number of benzene rings is 1. The second-order valence-electron chi connectivity index (χ2n) is 3.48. The molecular weight excluding hydrogens is 180 g/mol. The van der Waals surface area contributed by atoms with Gasteiger partial charge in [-0.25, -0.2) is 0 Å². The van der Waals surface area contributed by atoms with E-state index in [0.717, 1.165) is 5.56 Å². The van der Waals surface area contributed by atoms with Gasteiger partial charge in [0.15, 0.2) is 11.5 Å². The Morgan fingerprint density at radius 1 is 1.43 bits per heavy atom. The fourth-order valence-corrected chi connectivity index (χ4v) is 1.45. The van der Waals surface area contributed by atoms with Gasteiger partial charge >= 0.3 is 0 Å². The van der Waals surface area contributed by atoms with Crippen molar-refractivity contribution in [2.45, 2.75) is 26.4 Å². The van der Waals surface area contributed by atoms with Crippen LogP contribution in [0, 0.1) is 6.92 Å². The molecule has 0 radical (unpaired) electrons. The molecule has 1 atom stereocenters. The average molecular weight is 196 g/mol. The number of aliphatic hydroxyl groups excluding tert-OH is 1. The fraction of sp³-hybridized carbons (Fsp3) is 0.455. The highest BCUT2D eigenvalue weighted by Crippen LogP contribution is 2.33. The maximum Gasteiger partial charge on any atom is 0.163 e. The van der Waals surface area contributed by atoms with Gasteiger partial charge in [0.25, 0.3) is 0 Å². The summed E-state index contributed by atoms with van der Waals surface area (Å²) in [5.41, 5.74) is 1.60. The van der Waals surface area contributed by atoms with Crippen molar-refractivity contribution in [1.82, 2.24) is 0 Å². The molecule has 78 valence electrons. The second kappa shape index (κ2) is 4.33. The van der Waals surface area contributed by atoms with Crippen molar-refractivity contribution >= 4 is 0 Å². The molecule has 14 heavy (non-hydrogen) atoms. The van der Waals surface area contributed by atoms with E-state index < -0.39 is 6.10 Å². The fourth-order valence-electron chi connectivity index (χ4n) is 1.45. The Bertz CT molecular complexity index is 319. The summed E-state index contributed by atoms with van der Waals surface area (Å²) in [5, 5.41) is 19.0. The Balaban J connectivity index is 3.08. The molecule has 1 rings (SSSR count). The molecule has 0 spiro atoms. The molecule has 0 heterocycles. The quantitative estimate of drug-likeness (QED) is 0.772. The minimum Gasteiger partial charge on any atom is -0.504 e. The molecule has 0 bridgehead atoms. The normalized spacial score (nSPS) is 12.6. The lowest BCUT2D eigenvalue weighted by atomic mass is 10.0. The van der Waals surface area contributed by atoms with E-state index in [4.69, 9.17) is 4.74 Å². The van der Waals surface area contributed by atoms with Gasteiger partial charge in [-0.15, -0.1) is 0 Å². The van der Waals surface area contributed by atoms with Gasteiger partial charge in [0.1, 0.15) is 0 Å². The van der Waals surface area contributed by atoms with Gasteiger partial charge in [-0.1, -0.05) is 12.1 Å². The predicted octanol–water partition coefficient (Wildman–Crippen LogP) is 1.63. The largest absolute Gasteiger partial charge is 0.504 e. The van der Waals surface area contributed by atoms with E-state index in [1.807, 2.05) is 13.0 Å². The number of aryl methyl sites for hydroxylation is 1. The molecule has 3 nitrogen and oxygen atoms in total. The van der Waals surface area contributed by atoms with Gasteiger partial charge < -0.3 is 14.9 Å². The van der Waals surface area contributed by atoms with Gasteiger partial charge in [0, 0.05) is 12.0 Å². The lowest BCUT2D eigenvalue weighted by molar-refractivity contribution is 0.194. The number of aliphatic hydroxyl groups is 1. The first-order chi connectivity index (χ1) is 6.56. The van der Waals surface area contributed by atoms with Crippen LogP contribution in [-0.4, -0.2) is 23.4 Å². The standard InChI is InChI=1S/C11H16O3/c1-7-4-5-9(6-8(2)12)10(13)11(7)14-3/h4-5,8,12-13H,6H2,1-3H3. The summed E-state index contributed by atoms with van der Waals surface area (Å²) in [6, 6.07) is 3.68. The third kappa shape index (κ3) is 2.17. The maximum atomic E-state index is 9.78. The first-order valence-corrected chi connectivity index (χ1v) is 4.59. The van der Waals surface area contributed by atoms with Crippen molar-refractivity contribution in [3.05, 3.63) is 23.3 Å². The third-order valence-electron chi connectivity index (χ3n) is 2.13. The van der Waals surface area contributed by atoms with Gasteiger partial charge in [0.2, 0.25) is 0 Å². The van der Waals surface area contributed by atoms with E-state index >= 15 is 0 Å². The Kier molecular flexibility index (Phi) is 3.36. The molecule has 0 fully saturated rings. The highest BCUT2D eigenvalue weighted by atomic mass is 16.5. The number of ether oxygens (including phenoxy) is 1. The van der Waals surface area contributed by atoms with Crippen LogP contribution in [0.1, 0.15) is 18.1 Å². The lowest BCUT2D eigenvalue weighted by Gasteiger charge is -2.12. The van der Waals surface area contributed by atoms with Crippen molar-refractivity contribution in [1.29, 1.82) is 0 Å². The molecule has 0 saturated heterocycles. The van der Waals surface area contributed by atoms with Gasteiger partial charge in [-0.3, -0.25) is 0 Å². The van der Waals surface area contributed by atoms with Crippen LogP contribution in [0.25, 0.3) is 0 Å². The molecule has 1 aromatic carbocycles. The van der Waals surface area contributed by atoms with Crippen LogP contribution in [0.4, 0.5) is 0 Å². The zero-order chi connectivity index (χ0) is 10.7. The number of aromatic hydroxyl groups is 1. The number of phenolic OH excluding ortho intramolecular Hbond substituents is 1. The molecular formula is C11H16O3. The van der Waals surface area contributed by atoms with Crippen LogP contribution in [0.15, 0.2) is 12.1 Å². The van der Waals surface area contributed by atoms with Crippen LogP contribution in [0.3, 0.4) is 0 Å². The Hall–Kier alpha value is -1.22. The van der Waals surface area contributed by atoms with Gasteiger partial charge in [0.05, 0.1) is 13.2 Å². The molecule has 2 N–H and O–H groups in total. The van der Waals surface area contributed by atoms with Crippen molar-refractivity contribution in [2.24, 2.45) is 0 Å². The van der Waals surface area contributed by atoms with Gasteiger partial charge in [-0.2, -0.15) is 0 Å². The molecule has 0 aliphatic rings. The smallest absolute Gasteiger partial charge is 0.163 e. The first-order valence-electron chi connectivity index (χ1n) is 4.59. The third-order valence-corrected chi connectivity index (χ3v) is 2.13. The maximum absolute atomic E-state index is 9.78. The summed E-state index contributed by atoms with van der Waals surface area (Å²) in [6.07, 6.45) is -0.0315. The van der Waals surface area contributed by atoms with Crippen molar-refractivity contribution < 1.29 is 14.9 Å². The van der Waals surface area contributed by atoms with Crippen LogP contribution in [-0.2, 0) is 6.42 Å². The minimum atomic E-state index is -0.465. The summed E-state index contributed by atoms with van der Waals surface area (Å²) >= 11 is 0. The van der Waals surface area contributed by atoms with Crippen LogP contribution >= 0.6 is 0 Å². The topological polar surface area (TPSA) is 49.7 Å². The molecule has 0 aromatic heterocycles. The number of hydrogen-bond acceptors (Lipinski definition) is 3. The van der Waals surface area contributed by atoms with Crippen molar-refractivity contribution in [3.8, 4) is 11.5 Å². The lowest BCUT2D eigenvalue weighted by Crippen LogP contribution is -2.05. The van der Waals surface area contributed by atoms with Crippen LogP contribution in [0.5, 0.6) is 11.5 Å². The zero-order valence-corrected chi connectivity index (χ0v) is 8.74. The molecule has 1 unspecified atom stereocenters. The van der Waals surface area contributed by atoms with Crippen molar-refractivity contribution in [2.75, 3.05) is 7.11 Å². The monoisotopic (exact) mass is 196 g/mol. The molecule has 0 aliphatic heterocycles. The van der Waals surface area contributed by atoms with E-state index in [0.29, 0.717) is 17.7 Å². The van der Waals surface area contributed by atoms with E-state index in [1.54, 1.807) is 13.0 Å². The summed E-state index contributed by atoms with van der Waals surface area (Å²) in [6.45, 7) is 3.55. The highest BCUT2D eigenvalue weighted by Gasteiger charge is 2.11. The van der Waals surface area contributed by atoms with E-state index in [1.165, 1.54) is 7.11 Å². The molecule has 0 amide bonds. The molecule has 3 heteroatoms. The van der Waals surface area contributed by atoms with E-state index in [2.05, 4.69) is 0 Å². The average Bonchev–Trinajstić information content (AvgIpc) is 2.10. The number of rotatable bonds is 3.